The van der Waals surface area contributed by atoms with Gasteiger partial charge < -0.3 is 9.80 Å². The van der Waals surface area contributed by atoms with Gasteiger partial charge in [0.1, 0.15) is 12.7 Å². The van der Waals surface area contributed by atoms with E-state index in [1.807, 2.05) is 0 Å². The molecule has 1 amide bonds. The van der Waals surface area contributed by atoms with Crippen molar-refractivity contribution in [2.45, 2.75) is 44.4 Å². The molecule has 0 saturated carbocycles. The number of likely N-dealkylation sites (tertiary alicyclic amines) is 1. The van der Waals surface area contributed by atoms with E-state index in [9.17, 15) is 18.0 Å². The van der Waals surface area contributed by atoms with Crippen LogP contribution < -0.4 is 4.90 Å². The van der Waals surface area contributed by atoms with Crippen LogP contribution in [0.15, 0.2) is 30.9 Å². The van der Waals surface area contributed by atoms with E-state index in [1.54, 1.807) is 18.0 Å². The van der Waals surface area contributed by atoms with Gasteiger partial charge in [-0.25, -0.2) is 9.78 Å². The summed E-state index contributed by atoms with van der Waals surface area (Å²) in [5.74, 6) is 0. The van der Waals surface area contributed by atoms with E-state index in [0.717, 1.165) is 57.4 Å². The highest BCUT2D eigenvalue weighted by Crippen LogP contribution is 2.35. The number of hydrogen-bond acceptors (Lipinski definition) is 5. The summed E-state index contributed by atoms with van der Waals surface area (Å²) >= 11 is 0. The van der Waals surface area contributed by atoms with Crippen LogP contribution in [0.3, 0.4) is 0 Å². The van der Waals surface area contributed by atoms with Gasteiger partial charge in [0, 0.05) is 51.5 Å². The van der Waals surface area contributed by atoms with Gasteiger partial charge in [-0.1, -0.05) is 6.07 Å². The van der Waals surface area contributed by atoms with Crippen LogP contribution >= 0.6 is 0 Å². The number of aromatic nitrogens is 3. The van der Waals surface area contributed by atoms with Crippen molar-refractivity contribution < 1.29 is 18.0 Å². The lowest BCUT2D eigenvalue weighted by atomic mass is 10.0. The molecule has 0 unspecified atom stereocenters. The van der Waals surface area contributed by atoms with Crippen LogP contribution in [0.1, 0.15) is 36.8 Å². The third-order valence-electron chi connectivity index (χ3n) is 6.27. The van der Waals surface area contributed by atoms with Crippen molar-refractivity contribution in [3.63, 3.8) is 0 Å². The van der Waals surface area contributed by atoms with Crippen molar-refractivity contribution in [3.05, 3.63) is 42.0 Å². The van der Waals surface area contributed by atoms with Crippen LogP contribution in [0.4, 0.5) is 23.7 Å². The summed E-state index contributed by atoms with van der Waals surface area (Å²) in [6.07, 6.45) is 2.00. The molecule has 168 valence electrons. The molecule has 0 aliphatic carbocycles. The van der Waals surface area contributed by atoms with Crippen LogP contribution in [0, 0.1) is 0 Å². The number of carbonyl (C=O) groups excluding carboxylic acids is 1. The molecule has 1 aromatic heterocycles. The fourth-order valence-corrected chi connectivity index (χ4v) is 4.46. The second kappa shape index (κ2) is 8.86. The first-order valence-electron chi connectivity index (χ1n) is 10.6. The molecule has 7 nitrogen and oxygen atoms in total. The molecule has 0 atom stereocenters. The number of amides is 1. The lowest BCUT2D eigenvalue weighted by molar-refractivity contribution is -0.137. The monoisotopic (exact) mass is 436 g/mol. The molecule has 0 spiro atoms. The predicted molar refractivity (Wildman–Crippen MR) is 110 cm³/mol. The number of benzene rings is 1. The van der Waals surface area contributed by atoms with Crippen molar-refractivity contribution in [2.75, 3.05) is 38.1 Å². The van der Waals surface area contributed by atoms with E-state index in [1.165, 1.54) is 29.5 Å². The summed E-state index contributed by atoms with van der Waals surface area (Å²) in [6.45, 7) is 3.76. The van der Waals surface area contributed by atoms with E-state index in [-0.39, 0.29) is 12.1 Å². The number of anilines is 1. The Morgan fingerprint density at radius 3 is 2.48 bits per heavy atom. The van der Waals surface area contributed by atoms with Crippen LogP contribution in [-0.4, -0.2) is 69.9 Å². The van der Waals surface area contributed by atoms with Crippen LogP contribution in [0.5, 0.6) is 0 Å². The standard InChI is InChI=1S/C21H27F3N6O/c1-27(20(31)30-15-25-14-26-30)18-6-10-28(11-7-18)13-16-4-5-17(21(22,23)24)12-19(16)29-8-2-3-9-29/h4-5,12,14-15,18H,2-3,6-11,13H2,1H3. The quantitative estimate of drug-likeness (QED) is 0.735. The highest BCUT2D eigenvalue weighted by Gasteiger charge is 2.32. The topological polar surface area (TPSA) is 57.5 Å². The first-order valence-corrected chi connectivity index (χ1v) is 10.6. The molecule has 3 heterocycles. The van der Waals surface area contributed by atoms with E-state index >= 15 is 0 Å². The number of carbonyl (C=O) groups is 1. The number of alkyl halides is 3. The minimum Gasteiger partial charge on any atom is -0.371 e. The van der Waals surface area contributed by atoms with Crippen LogP contribution in [0.2, 0.25) is 0 Å². The SMILES string of the molecule is CN(C(=O)n1cncn1)C1CCN(Cc2ccc(C(F)(F)F)cc2N2CCCC2)CC1. The first-order chi connectivity index (χ1) is 14.8. The third-order valence-corrected chi connectivity index (χ3v) is 6.27. The van der Waals surface area contributed by atoms with Gasteiger partial charge in [0.15, 0.2) is 0 Å². The largest absolute Gasteiger partial charge is 0.416 e. The highest BCUT2D eigenvalue weighted by molar-refractivity contribution is 5.75. The maximum Gasteiger partial charge on any atom is 0.416 e. The summed E-state index contributed by atoms with van der Waals surface area (Å²) in [7, 11) is 1.77. The maximum absolute atomic E-state index is 13.3. The Labute approximate surface area is 179 Å². The van der Waals surface area contributed by atoms with Crippen LogP contribution in [0.25, 0.3) is 0 Å². The van der Waals surface area contributed by atoms with Crippen molar-refractivity contribution in [3.8, 4) is 0 Å². The summed E-state index contributed by atoms with van der Waals surface area (Å²) in [5, 5.41) is 3.89. The van der Waals surface area contributed by atoms with Crippen molar-refractivity contribution in [1.29, 1.82) is 0 Å². The van der Waals surface area contributed by atoms with Gasteiger partial charge in [-0.15, -0.1) is 0 Å². The van der Waals surface area contributed by atoms with Crippen molar-refractivity contribution in [1.82, 2.24) is 24.6 Å². The zero-order valence-electron chi connectivity index (χ0n) is 17.6. The van der Waals surface area contributed by atoms with Crippen LogP contribution in [-0.2, 0) is 12.7 Å². The number of hydrogen-bond donors (Lipinski definition) is 0. The normalized spacial score (nSPS) is 18.5. The minimum atomic E-state index is -4.34. The zero-order chi connectivity index (χ0) is 22.0. The molecular weight excluding hydrogens is 409 g/mol. The summed E-state index contributed by atoms with van der Waals surface area (Å²) < 4.78 is 41.0. The molecule has 2 saturated heterocycles. The number of rotatable bonds is 4. The van der Waals surface area contributed by atoms with E-state index < -0.39 is 11.7 Å². The molecule has 0 N–H and O–H groups in total. The number of piperidine rings is 1. The van der Waals surface area contributed by atoms with Gasteiger partial charge in [-0.3, -0.25) is 4.90 Å². The third kappa shape index (κ3) is 4.84. The fourth-order valence-electron chi connectivity index (χ4n) is 4.46. The number of halogens is 3. The lowest BCUT2D eigenvalue weighted by Gasteiger charge is -2.37. The molecule has 0 bridgehead atoms. The molecule has 1 aromatic carbocycles. The van der Waals surface area contributed by atoms with Gasteiger partial charge in [-0.2, -0.15) is 23.0 Å². The summed E-state index contributed by atoms with van der Waals surface area (Å²) in [4.78, 5) is 22.3. The van der Waals surface area contributed by atoms with E-state index in [0.29, 0.717) is 12.2 Å². The second-order valence-corrected chi connectivity index (χ2v) is 8.28. The smallest absolute Gasteiger partial charge is 0.371 e. The maximum atomic E-state index is 13.3. The Morgan fingerprint density at radius 2 is 1.87 bits per heavy atom. The Kier molecular flexibility index (Phi) is 6.17. The highest BCUT2D eigenvalue weighted by atomic mass is 19.4. The average Bonchev–Trinajstić information content (AvgIpc) is 3.47. The lowest BCUT2D eigenvalue weighted by Crippen LogP contribution is -2.46. The Bertz CT molecular complexity index is 887. The van der Waals surface area contributed by atoms with Gasteiger partial charge in [0.05, 0.1) is 5.56 Å². The first kappa shape index (κ1) is 21.6. The number of nitrogens with zero attached hydrogens (tertiary/aromatic N) is 6. The van der Waals surface area contributed by atoms with Gasteiger partial charge in [0.2, 0.25) is 0 Å². The van der Waals surface area contributed by atoms with Crippen molar-refractivity contribution in [2.24, 2.45) is 0 Å². The second-order valence-electron chi connectivity index (χ2n) is 8.28. The molecule has 2 aromatic rings. The average molecular weight is 436 g/mol. The molecule has 2 aliphatic rings. The van der Waals surface area contributed by atoms with Gasteiger partial charge in [-0.05, 0) is 43.4 Å². The molecule has 2 aliphatic heterocycles. The fraction of sp³-hybridized carbons (Fsp3) is 0.571. The summed E-state index contributed by atoms with van der Waals surface area (Å²) in [6, 6.07) is 4.00. The molecule has 10 heteroatoms. The molecule has 4 rings (SSSR count). The molecule has 0 radical (unpaired) electrons. The molecular formula is C21H27F3N6O. The molecule has 31 heavy (non-hydrogen) atoms. The Balaban J connectivity index is 1.41. The Morgan fingerprint density at radius 1 is 1.16 bits per heavy atom. The molecule has 2 fully saturated rings. The minimum absolute atomic E-state index is 0.0959. The predicted octanol–water partition coefficient (Wildman–Crippen LogP) is 3.46. The van der Waals surface area contributed by atoms with Gasteiger partial charge >= 0.3 is 12.2 Å². The van der Waals surface area contributed by atoms with Crippen molar-refractivity contribution >= 4 is 11.7 Å². The summed E-state index contributed by atoms with van der Waals surface area (Å²) in [5.41, 5.74) is 1.04. The Hall–Kier alpha value is -2.62. The van der Waals surface area contributed by atoms with Gasteiger partial charge in [0.25, 0.3) is 0 Å². The van der Waals surface area contributed by atoms with E-state index in [2.05, 4.69) is 19.9 Å². The zero-order valence-corrected chi connectivity index (χ0v) is 17.6. The van der Waals surface area contributed by atoms with E-state index in [4.69, 9.17) is 0 Å².